The fourth-order valence-corrected chi connectivity index (χ4v) is 1.55. The molecule has 60 valence electrons. The van der Waals surface area contributed by atoms with E-state index in [2.05, 4.69) is 4.98 Å². The lowest BCUT2D eigenvalue weighted by Gasteiger charge is -1.97. The van der Waals surface area contributed by atoms with E-state index in [0.29, 0.717) is 5.02 Å². The van der Waals surface area contributed by atoms with Gasteiger partial charge in [0.2, 0.25) is 0 Å². The highest BCUT2D eigenvalue weighted by Gasteiger charge is 1.94. The summed E-state index contributed by atoms with van der Waals surface area (Å²) in [7, 11) is 0. The highest BCUT2D eigenvalue weighted by atomic mass is 35.5. The molecule has 0 radical (unpaired) electrons. The largest absolute Gasteiger partial charge is 0.361 e. The quantitative estimate of drug-likeness (QED) is 0.636. The van der Waals surface area contributed by atoms with Crippen LogP contribution < -0.4 is 0 Å². The van der Waals surface area contributed by atoms with E-state index in [9.17, 15) is 0 Å². The van der Waals surface area contributed by atoms with Crippen molar-refractivity contribution in [3.05, 3.63) is 40.0 Å². The molecule has 0 atom stereocenters. The zero-order valence-corrected chi connectivity index (χ0v) is 7.75. The molecule has 1 aromatic carbocycles. The standard InChI is InChI=1S/C9H6ClNS/c10-6-1-2-8-7(5-6)9(12)3-4-11-8/h1-5H,(H,11,12). The summed E-state index contributed by atoms with van der Waals surface area (Å²) in [6, 6.07) is 7.49. The SMILES string of the molecule is S=c1cc[nH]c2ccc(Cl)cc12. The minimum atomic E-state index is 0.716. The van der Waals surface area contributed by atoms with Gasteiger partial charge in [-0.2, -0.15) is 0 Å². The number of halogens is 1. The number of hydrogen-bond acceptors (Lipinski definition) is 1. The highest BCUT2D eigenvalue weighted by Crippen LogP contribution is 2.17. The lowest BCUT2D eigenvalue weighted by atomic mass is 10.2. The van der Waals surface area contributed by atoms with Crippen molar-refractivity contribution in [2.24, 2.45) is 0 Å². The highest BCUT2D eigenvalue weighted by molar-refractivity contribution is 7.71. The van der Waals surface area contributed by atoms with E-state index in [4.69, 9.17) is 23.8 Å². The van der Waals surface area contributed by atoms with E-state index >= 15 is 0 Å². The van der Waals surface area contributed by atoms with Gasteiger partial charge in [0.15, 0.2) is 0 Å². The molecule has 1 nitrogen and oxygen atoms in total. The molecule has 1 N–H and O–H groups in total. The number of benzene rings is 1. The van der Waals surface area contributed by atoms with Crippen molar-refractivity contribution in [3.8, 4) is 0 Å². The zero-order chi connectivity index (χ0) is 8.55. The van der Waals surface area contributed by atoms with Gasteiger partial charge >= 0.3 is 0 Å². The molecule has 1 heterocycles. The molecule has 0 fully saturated rings. The van der Waals surface area contributed by atoms with Gasteiger partial charge in [0.1, 0.15) is 0 Å². The first-order valence-corrected chi connectivity index (χ1v) is 4.33. The van der Waals surface area contributed by atoms with Crippen molar-refractivity contribution in [3.63, 3.8) is 0 Å². The maximum atomic E-state index is 5.83. The molecule has 1 aromatic heterocycles. The number of nitrogens with one attached hydrogen (secondary N) is 1. The van der Waals surface area contributed by atoms with E-state index in [1.807, 2.05) is 30.5 Å². The molecule has 2 rings (SSSR count). The molecule has 0 saturated heterocycles. The van der Waals surface area contributed by atoms with Crippen LogP contribution in [-0.4, -0.2) is 4.98 Å². The average Bonchev–Trinajstić information content (AvgIpc) is 2.07. The van der Waals surface area contributed by atoms with Crippen LogP contribution >= 0.6 is 23.8 Å². The smallest absolute Gasteiger partial charge is 0.0485 e. The van der Waals surface area contributed by atoms with Crippen molar-refractivity contribution in [2.45, 2.75) is 0 Å². The summed E-state index contributed by atoms with van der Waals surface area (Å²) >= 11 is 11.0. The lowest BCUT2D eigenvalue weighted by Crippen LogP contribution is -1.77. The number of aromatic nitrogens is 1. The van der Waals surface area contributed by atoms with Crippen LogP contribution in [-0.2, 0) is 0 Å². The Morgan fingerprint density at radius 1 is 1.25 bits per heavy atom. The molecule has 0 spiro atoms. The molecular formula is C9H6ClNS. The Balaban J connectivity index is 2.98. The van der Waals surface area contributed by atoms with Crippen molar-refractivity contribution in [1.29, 1.82) is 0 Å². The second-order valence-electron chi connectivity index (χ2n) is 2.53. The first-order valence-electron chi connectivity index (χ1n) is 3.54. The maximum absolute atomic E-state index is 5.83. The van der Waals surface area contributed by atoms with E-state index in [0.717, 1.165) is 15.4 Å². The second-order valence-corrected chi connectivity index (χ2v) is 3.41. The Morgan fingerprint density at radius 2 is 2.08 bits per heavy atom. The van der Waals surface area contributed by atoms with Gasteiger partial charge in [-0.25, -0.2) is 0 Å². The maximum Gasteiger partial charge on any atom is 0.0485 e. The topological polar surface area (TPSA) is 15.8 Å². The first kappa shape index (κ1) is 7.77. The number of pyridine rings is 1. The molecule has 0 aliphatic carbocycles. The minimum Gasteiger partial charge on any atom is -0.361 e. The van der Waals surface area contributed by atoms with Gasteiger partial charge in [-0.05, 0) is 24.3 Å². The van der Waals surface area contributed by atoms with Crippen LogP contribution in [0.1, 0.15) is 0 Å². The van der Waals surface area contributed by atoms with Crippen LogP contribution in [0.4, 0.5) is 0 Å². The first-order chi connectivity index (χ1) is 5.77. The van der Waals surface area contributed by atoms with E-state index in [-0.39, 0.29) is 0 Å². The molecule has 0 amide bonds. The summed E-state index contributed by atoms with van der Waals surface area (Å²) in [5, 5.41) is 1.72. The molecule has 0 saturated carbocycles. The normalized spacial score (nSPS) is 10.4. The van der Waals surface area contributed by atoms with Gasteiger partial charge in [-0.1, -0.05) is 23.8 Å². The third-order valence-corrected chi connectivity index (χ3v) is 2.31. The molecule has 12 heavy (non-hydrogen) atoms. The number of fused-ring (bicyclic) bond motifs is 1. The minimum absolute atomic E-state index is 0.716. The van der Waals surface area contributed by atoms with E-state index < -0.39 is 0 Å². The summed E-state index contributed by atoms with van der Waals surface area (Å²) in [6.45, 7) is 0. The van der Waals surface area contributed by atoms with Crippen molar-refractivity contribution >= 4 is 34.7 Å². The van der Waals surface area contributed by atoms with Crippen LogP contribution in [0.2, 0.25) is 5.02 Å². The molecular weight excluding hydrogens is 190 g/mol. The van der Waals surface area contributed by atoms with Gasteiger partial charge in [0.25, 0.3) is 0 Å². The lowest BCUT2D eigenvalue weighted by molar-refractivity contribution is 1.41. The van der Waals surface area contributed by atoms with Crippen LogP contribution in [0.15, 0.2) is 30.5 Å². The molecule has 0 bridgehead atoms. The molecule has 0 aliphatic heterocycles. The average molecular weight is 196 g/mol. The summed E-state index contributed by atoms with van der Waals surface area (Å²) in [6.07, 6.45) is 1.83. The fourth-order valence-electron chi connectivity index (χ4n) is 1.14. The summed E-state index contributed by atoms with van der Waals surface area (Å²) in [4.78, 5) is 3.09. The van der Waals surface area contributed by atoms with Crippen molar-refractivity contribution in [2.75, 3.05) is 0 Å². The Labute approximate surface area is 80.0 Å². The van der Waals surface area contributed by atoms with Gasteiger partial charge < -0.3 is 4.98 Å². The van der Waals surface area contributed by atoms with Gasteiger partial charge in [0, 0.05) is 26.6 Å². The van der Waals surface area contributed by atoms with Crippen LogP contribution in [0.25, 0.3) is 10.9 Å². The van der Waals surface area contributed by atoms with Gasteiger partial charge in [-0.3, -0.25) is 0 Å². The molecule has 0 aliphatic rings. The second kappa shape index (κ2) is 2.88. The number of hydrogen-bond donors (Lipinski definition) is 1. The summed E-state index contributed by atoms with van der Waals surface area (Å²) in [5.41, 5.74) is 1.02. The number of rotatable bonds is 0. The van der Waals surface area contributed by atoms with Crippen molar-refractivity contribution in [1.82, 2.24) is 4.98 Å². The van der Waals surface area contributed by atoms with Crippen LogP contribution in [0, 0.1) is 4.51 Å². The summed E-state index contributed by atoms with van der Waals surface area (Å²) in [5.74, 6) is 0. The summed E-state index contributed by atoms with van der Waals surface area (Å²) < 4.78 is 0.825. The Bertz CT molecular complexity index is 475. The Kier molecular flexibility index (Phi) is 1.87. The fraction of sp³-hybridized carbons (Fsp3) is 0. The molecule has 0 unspecified atom stereocenters. The van der Waals surface area contributed by atoms with Crippen LogP contribution in [0.3, 0.4) is 0 Å². The van der Waals surface area contributed by atoms with E-state index in [1.54, 1.807) is 0 Å². The molecule has 3 heteroatoms. The predicted octanol–water partition coefficient (Wildman–Crippen LogP) is 3.55. The predicted molar refractivity (Wildman–Crippen MR) is 54.1 cm³/mol. The number of H-pyrrole nitrogens is 1. The molecule has 2 aromatic rings. The van der Waals surface area contributed by atoms with Crippen LogP contribution in [0.5, 0.6) is 0 Å². The monoisotopic (exact) mass is 195 g/mol. The Morgan fingerprint density at radius 3 is 2.92 bits per heavy atom. The van der Waals surface area contributed by atoms with Gasteiger partial charge in [-0.15, -0.1) is 0 Å². The van der Waals surface area contributed by atoms with Crippen molar-refractivity contribution < 1.29 is 0 Å². The third kappa shape index (κ3) is 1.24. The Hall–Kier alpha value is -0.860. The number of aromatic amines is 1. The van der Waals surface area contributed by atoms with E-state index in [1.165, 1.54) is 0 Å². The zero-order valence-electron chi connectivity index (χ0n) is 6.17. The van der Waals surface area contributed by atoms with Gasteiger partial charge in [0.05, 0.1) is 0 Å². The third-order valence-electron chi connectivity index (χ3n) is 1.72.